The van der Waals surface area contributed by atoms with Gasteiger partial charge in [0.25, 0.3) is 0 Å². The van der Waals surface area contributed by atoms with Gasteiger partial charge in [-0.3, -0.25) is 13.7 Å². The number of hydrogen-bond acceptors (Lipinski definition) is 9. The molecule has 29 rings (SSSR count). The van der Waals surface area contributed by atoms with Gasteiger partial charge in [-0.1, -0.05) is 400 Å². The zero-order valence-electron chi connectivity index (χ0n) is 77.7. The number of benzene rings is 20. The summed E-state index contributed by atoms with van der Waals surface area (Å²) in [6.07, 6.45) is 0. The quantitative estimate of drug-likeness (QED) is 0.108. The molecule has 9 heterocycles. The zero-order chi connectivity index (χ0) is 95.1. The standard InChI is InChI=1S/2C46H29N3S.C40H25N3S/c1-3-11-30(12-4-1)31-19-22-34(23-20-31)45-36-15-7-9-17-39(36)47-46(48-45)49-40-18-10-8-16-37(40)44-38-29-35(24-21-32(38)25-26-41(44)49)43-28-27-42(50-43)33-13-5-2-6-14-33;1-3-13-30(14-4-1)31-23-25-33(26-24-31)45-36-19-9-11-21-39(36)47-46(48-45)49-40-22-12-10-20-37(40)44-35-18-8-7-17-34(35)38(29-41(44)49)43-28-27-42(50-43)32-15-5-2-6-16-32;1-3-11-27(12-4-1)36-23-24-37(44-36)29-20-19-26-21-22-35-38(32(26)25-29)31-16-8-10-18-34(31)43(35)40-41-33-17-9-7-15-30(33)39(42-40)28-13-5-2-6-14-28/h2*1-29H;1-25H. The summed E-state index contributed by atoms with van der Waals surface area (Å²) in [7, 11) is 0. The van der Waals surface area contributed by atoms with E-state index in [-0.39, 0.29) is 0 Å². The Balaban J connectivity index is 0.000000108. The van der Waals surface area contributed by atoms with Crippen molar-refractivity contribution in [2.24, 2.45) is 0 Å². The Hall–Kier alpha value is -18.3. The van der Waals surface area contributed by atoms with Crippen molar-refractivity contribution in [3.05, 3.63) is 504 Å². The van der Waals surface area contributed by atoms with Crippen LogP contribution >= 0.6 is 34.0 Å². The van der Waals surface area contributed by atoms with E-state index in [0.717, 1.165) is 99.6 Å². The van der Waals surface area contributed by atoms with E-state index >= 15 is 0 Å². The molecule has 0 atom stereocenters. The molecule has 0 fully saturated rings. The summed E-state index contributed by atoms with van der Waals surface area (Å²) in [6, 6.07) is 179. The molecular weight excluding hydrogens is 1810 g/mol. The summed E-state index contributed by atoms with van der Waals surface area (Å²) in [4.78, 5) is 39.1. The lowest BCUT2D eigenvalue weighted by Crippen LogP contribution is -2.03. The van der Waals surface area contributed by atoms with Gasteiger partial charge >= 0.3 is 0 Å². The maximum Gasteiger partial charge on any atom is 0.235 e. The van der Waals surface area contributed by atoms with E-state index < -0.39 is 0 Å². The van der Waals surface area contributed by atoms with Crippen molar-refractivity contribution in [1.29, 1.82) is 0 Å². The first-order valence-corrected chi connectivity index (χ1v) is 50.9. The second-order valence-corrected chi connectivity index (χ2v) is 39.5. The van der Waals surface area contributed by atoms with Gasteiger partial charge in [0.15, 0.2) is 0 Å². The molecule has 0 aliphatic rings. The maximum atomic E-state index is 5.40. The molecule has 0 radical (unpaired) electrons. The topological polar surface area (TPSA) is 92.1 Å². The van der Waals surface area contributed by atoms with Crippen molar-refractivity contribution in [2.75, 3.05) is 0 Å². The van der Waals surface area contributed by atoms with E-state index in [0.29, 0.717) is 17.8 Å². The first kappa shape index (κ1) is 84.9. The third-order valence-electron chi connectivity index (χ3n) is 27.8. The molecule has 144 heavy (non-hydrogen) atoms. The van der Waals surface area contributed by atoms with Gasteiger partial charge < -0.3 is 0 Å². The van der Waals surface area contributed by atoms with Gasteiger partial charge in [-0.25, -0.2) is 29.9 Å². The number of fused-ring (bicyclic) bond motifs is 18. The molecule has 674 valence electrons. The van der Waals surface area contributed by atoms with Crippen molar-refractivity contribution >= 4 is 164 Å². The Morgan fingerprint density at radius 1 is 0.146 bits per heavy atom. The average Bonchev–Trinajstić information content (AvgIpc) is 1.57. The van der Waals surface area contributed by atoms with Crippen LogP contribution in [0.5, 0.6) is 0 Å². The van der Waals surface area contributed by atoms with Crippen molar-refractivity contribution in [1.82, 2.24) is 43.6 Å². The highest BCUT2D eigenvalue weighted by Gasteiger charge is 2.27. The van der Waals surface area contributed by atoms with Gasteiger partial charge in [0, 0.05) is 100.0 Å². The Morgan fingerprint density at radius 2 is 0.396 bits per heavy atom. The van der Waals surface area contributed by atoms with Crippen LogP contribution < -0.4 is 0 Å². The summed E-state index contributed by atoms with van der Waals surface area (Å²) >= 11 is 5.50. The number of rotatable bonds is 14. The molecule has 20 aromatic carbocycles. The fourth-order valence-electron chi connectivity index (χ4n) is 21.0. The Bertz CT molecular complexity index is 9990. The average molecular weight is 1890 g/mol. The first-order chi connectivity index (χ1) is 71.4. The van der Waals surface area contributed by atoms with Crippen LogP contribution in [0.15, 0.2) is 504 Å². The summed E-state index contributed by atoms with van der Waals surface area (Å²) in [5, 5.41) is 17.7. The summed E-state index contributed by atoms with van der Waals surface area (Å²) in [6.45, 7) is 0. The van der Waals surface area contributed by atoms with Gasteiger partial charge in [-0.15, -0.1) is 34.0 Å². The summed E-state index contributed by atoms with van der Waals surface area (Å²) in [5.74, 6) is 2.00. The molecule has 0 unspecified atom stereocenters. The SMILES string of the molecule is c1ccc(-c2ccc(-c3ccc4ccc5c(c4c3)c3ccccc3n5-c3nc(-c4ccccc4)c4ccccc4n3)s2)cc1.c1ccc(-c2ccc(-c3nc(-n4c5ccccc5c5c6cc(-c7ccc(-c8ccccc8)s7)ccc6ccc54)nc4ccccc34)cc2)cc1.c1ccc(-c2ccc(-c3nc(-n4c5ccccc5c5c6ccccc6c(-c6ccc(-c7ccccc7)s6)cc54)nc4ccccc34)cc2)cc1. The number of thiophene rings is 3. The molecule has 0 saturated carbocycles. The molecule has 0 aliphatic heterocycles. The Labute approximate surface area is 841 Å². The fraction of sp³-hybridized carbons (Fsp3) is 0. The molecule has 0 N–H and O–H groups in total. The van der Waals surface area contributed by atoms with Crippen LogP contribution in [0.25, 0.3) is 267 Å². The van der Waals surface area contributed by atoms with Gasteiger partial charge in [0.2, 0.25) is 17.8 Å². The minimum absolute atomic E-state index is 0.662. The lowest BCUT2D eigenvalue weighted by Gasteiger charge is -2.13. The Kier molecular flexibility index (Phi) is 21.3. The molecule has 0 saturated heterocycles. The van der Waals surface area contributed by atoms with Crippen LogP contribution in [-0.4, -0.2) is 43.6 Å². The normalized spacial score (nSPS) is 11.6. The van der Waals surface area contributed by atoms with E-state index in [1.54, 1.807) is 0 Å². The van der Waals surface area contributed by atoms with Crippen molar-refractivity contribution in [3.63, 3.8) is 0 Å². The molecule has 9 aromatic heterocycles. The third-order valence-corrected chi connectivity index (χ3v) is 31.3. The van der Waals surface area contributed by atoms with E-state index in [2.05, 4.69) is 499 Å². The van der Waals surface area contributed by atoms with Crippen LogP contribution in [0.4, 0.5) is 0 Å². The van der Waals surface area contributed by atoms with Crippen LogP contribution in [0, 0.1) is 0 Å². The first-order valence-electron chi connectivity index (χ1n) is 48.4. The monoisotopic (exact) mass is 1890 g/mol. The predicted octanol–water partition coefficient (Wildman–Crippen LogP) is 36.2. The summed E-state index contributed by atoms with van der Waals surface area (Å²) < 4.78 is 6.73. The van der Waals surface area contributed by atoms with Crippen LogP contribution in [0.1, 0.15) is 0 Å². The lowest BCUT2D eigenvalue weighted by molar-refractivity contribution is 1.01. The molecule has 0 bridgehead atoms. The molecule has 0 amide bonds. The molecule has 29 aromatic rings. The summed E-state index contributed by atoms with van der Waals surface area (Å²) in [5.41, 5.74) is 27.4. The highest BCUT2D eigenvalue weighted by Crippen LogP contribution is 2.49. The maximum absolute atomic E-state index is 5.40. The van der Waals surface area contributed by atoms with Crippen LogP contribution in [0.3, 0.4) is 0 Å². The molecular formula is C132H83N9S3. The van der Waals surface area contributed by atoms with Crippen LogP contribution in [-0.2, 0) is 0 Å². The number of aromatic nitrogens is 9. The molecule has 12 heteroatoms. The van der Waals surface area contributed by atoms with E-state index in [1.807, 2.05) is 52.2 Å². The fourth-order valence-corrected chi connectivity index (χ4v) is 24.0. The largest absolute Gasteiger partial charge is 0.278 e. The van der Waals surface area contributed by atoms with Crippen LogP contribution in [0.2, 0.25) is 0 Å². The van der Waals surface area contributed by atoms with Crippen molar-refractivity contribution < 1.29 is 0 Å². The predicted molar refractivity (Wildman–Crippen MR) is 608 cm³/mol. The molecule has 0 spiro atoms. The van der Waals surface area contributed by atoms with Gasteiger partial charge in [0.05, 0.1) is 66.7 Å². The molecule has 0 aliphatic carbocycles. The smallest absolute Gasteiger partial charge is 0.235 e. The highest BCUT2D eigenvalue weighted by molar-refractivity contribution is 7.19. The van der Waals surface area contributed by atoms with Crippen molar-refractivity contribution in [3.8, 4) is 137 Å². The third kappa shape index (κ3) is 15.2. The highest BCUT2D eigenvalue weighted by atomic mass is 32.1. The molecule has 9 nitrogen and oxygen atoms in total. The Morgan fingerprint density at radius 3 is 0.771 bits per heavy atom. The number of hydrogen-bond donors (Lipinski definition) is 0. The minimum atomic E-state index is 0.662. The number of nitrogens with zero attached hydrogens (tertiary/aromatic N) is 9. The van der Waals surface area contributed by atoms with Gasteiger partial charge in [-0.2, -0.15) is 0 Å². The van der Waals surface area contributed by atoms with Gasteiger partial charge in [0.1, 0.15) is 0 Å². The zero-order valence-corrected chi connectivity index (χ0v) is 80.1. The number of para-hydroxylation sites is 6. The lowest BCUT2D eigenvalue weighted by atomic mass is 9.98. The van der Waals surface area contributed by atoms with E-state index in [9.17, 15) is 0 Å². The minimum Gasteiger partial charge on any atom is -0.278 e. The van der Waals surface area contributed by atoms with Crippen molar-refractivity contribution in [2.45, 2.75) is 0 Å². The second-order valence-electron chi connectivity index (χ2n) is 36.2. The van der Waals surface area contributed by atoms with E-state index in [4.69, 9.17) is 29.9 Å². The second kappa shape index (κ2) is 36.2. The van der Waals surface area contributed by atoms with E-state index in [1.165, 1.54) is 150 Å². The van der Waals surface area contributed by atoms with Gasteiger partial charge in [-0.05, 0) is 186 Å².